The lowest BCUT2D eigenvalue weighted by molar-refractivity contribution is 0.101. The van der Waals surface area contributed by atoms with Gasteiger partial charge in [0.15, 0.2) is 10.9 Å². The van der Waals surface area contributed by atoms with Crippen molar-refractivity contribution in [2.75, 3.05) is 18.5 Å². The van der Waals surface area contributed by atoms with Crippen molar-refractivity contribution in [2.24, 2.45) is 0 Å². The number of hydrogen-bond donors (Lipinski definition) is 1. The molecule has 0 saturated heterocycles. The zero-order valence-corrected chi connectivity index (χ0v) is 8.16. The Morgan fingerprint density at radius 3 is 3.08 bits per heavy atom. The first-order valence-electron chi connectivity index (χ1n) is 4.00. The Morgan fingerprint density at radius 1 is 1.77 bits per heavy atom. The lowest BCUT2D eigenvalue weighted by Crippen LogP contribution is -2.02. The Labute approximate surface area is 80.0 Å². The van der Waals surface area contributed by atoms with Crippen LogP contribution in [0.1, 0.15) is 23.8 Å². The molecule has 0 aliphatic rings. The largest absolute Gasteiger partial charge is 0.361 e. The number of nitrogens with zero attached hydrogens (tertiary/aromatic N) is 1. The Morgan fingerprint density at radius 2 is 2.54 bits per heavy atom. The third kappa shape index (κ3) is 3.10. The van der Waals surface area contributed by atoms with Crippen LogP contribution in [0.2, 0.25) is 0 Å². The molecule has 0 aromatic carbocycles. The molecule has 0 amide bonds. The number of ketones is 1. The molecule has 5 heteroatoms. The molecule has 0 aliphatic heterocycles. The van der Waals surface area contributed by atoms with Crippen LogP contribution in [0.5, 0.6) is 0 Å². The second-order valence-corrected chi connectivity index (χ2v) is 3.42. The first kappa shape index (κ1) is 10.1. The van der Waals surface area contributed by atoms with Crippen molar-refractivity contribution in [1.29, 1.82) is 0 Å². The minimum atomic E-state index is -0.335. The van der Waals surface area contributed by atoms with E-state index in [2.05, 4.69) is 10.3 Å². The van der Waals surface area contributed by atoms with Gasteiger partial charge >= 0.3 is 0 Å². The molecule has 0 saturated carbocycles. The van der Waals surface area contributed by atoms with Crippen molar-refractivity contribution in [2.45, 2.75) is 13.3 Å². The standard InChI is InChI=1S/C8H11FN2OS/c1-6(12)7-5-13-8(11-7)10-4-2-3-9/h5H,2-4H2,1H3,(H,10,11). The monoisotopic (exact) mass is 202 g/mol. The van der Waals surface area contributed by atoms with E-state index in [-0.39, 0.29) is 12.5 Å². The van der Waals surface area contributed by atoms with Crippen LogP contribution in [-0.4, -0.2) is 24.0 Å². The third-order valence-electron chi connectivity index (χ3n) is 1.45. The van der Waals surface area contributed by atoms with Gasteiger partial charge in [0.2, 0.25) is 0 Å². The number of Topliss-reactive ketones (excluding diaryl/α,β-unsaturated/α-hetero) is 1. The van der Waals surface area contributed by atoms with Crippen LogP contribution < -0.4 is 5.32 Å². The zero-order chi connectivity index (χ0) is 9.68. The van der Waals surface area contributed by atoms with Crippen LogP contribution in [0, 0.1) is 0 Å². The molecule has 0 bridgehead atoms. The predicted molar refractivity (Wildman–Crippen MR) is 51.2 cm³/mol. The minimum absolute atomic E-state index is 0.0465. The fourth-order valence-electron chi connectivity index (χ4n) is 0.779. The van der Waals surface area contributed by atoms with Crippen molar-refractivity contribution >= 4 is 22.3 Å². The van der Waals surface area contributed by atoms with Crippen LogP contribution in [0.3, 0.4) is 0 Å². The van der Waals surface area contributed by atoms with Crippen LogP contribution in [-0.2, 0) is 0 Å². The molecule has 1 aromatic heterocycles. The summed E-state index contributed by atoms with van der Waals surface area (Å²) in [6, 6.07) is 0. The Balaban J connectivity index is 2.44. The van der Waals surface area contributed by atoms with Gasteiger partial charge in [-0.05, 0) is 6.42 Å². The van der Waals surface area contributed by atoms with Gasteiger partial charge in [-0.3, -0.25) is 9.18 Å². The van der Waals surface area contributed by atoms with Gasteiger partial charge in [-0.1, -0.05) is 0 Å². The maximum atomic E-state index is 11.7. The van der Waals surface area contributed by atoms with Gasteiger partial charge in [-0.15, -0.1) is 11.3 Å². The van der Waals surface area contributed by atoms with E-state index in [1.165, 1.54) is 18.3 Å². The molecule has 1 heterocycles. The smallest absolute Gasteiger partial charge is 0.183 e. The second kappa shape index (κ2) is 4.91. The van der Waals surface area contributed by atoms with E-state index in [0.29, 0.717) is 23.8 Å². The average molecular weight is 202 g/mol. The van der Waals surface area contributed by atoms with E-state index >= 15 is 0 Å². The number of anilines is 1. The van der Waals surface area contributed by atoms with Crippen LogP contribution in [0.4, 0.5) is 9.52 Å². The first-order valence-corrected chi connectivity index (χ1v) is 4.88. The number of alkyl halides is 1. The summed E-state index contributed by atoms with van der Waals surface area (Å²) in [7, 11) is 0. The fraction of sp³-hybridized carbons (Fsp3) is 0.500. The summed E-state index contributed by atoms with van der Waals surface area (Å²) in [5.41, 5.74) is 0.466. The lowest BCUT2D eigenvalue weighted by Gasteiger charge is -1.97. The molecule has 13 heavy (non-hydrogen) atoms. The molecule has 3 nitrogen and oxygen atoms in total. The molecular formula is C8H11FN2OS. The van der Waals surface area contributed by atoms with Gasteiger partial charge in [0, 0.05) is 18.8 Å². The number of hydrogen-bond acceptors (Lipinski definition) is 4. The highest BCUT2D eigenvalue weighted by Gasteiger charge is 2.04. The first-order chi connectivity index (χ1) is 6.24. The molecule has 1 N–H and O–H groups in total. The lowest BCUT2D eigenvalue weighted by atomic mass is 10.4. The summed E-state index contributed by atoms with van der Waals surface area (Å²) in [6.07, 6.45) is 0.467. The maximum Gasteiger partial charge on any atom is 0.183 e. The zero-order valence-electron chi connectivity index (χ0n) is 7.34. The van der Waals surface area contributed by atoms with E-state index in [1.807, 2.05) is 0 Å². The summed E-state index contributed by atoms with van der Waals surface area (Å²) in [5, 5.41) is 5.31. The van der Waals surface area contributed by atoms with E-state index in [0.717, 1.165) is 0 Å². The van der Waals surface area contributed by atoms with E-state index in [9.17, 15) is 9.18 Å². The van der Waals surface area contributed by atoms with Gasteiger partial charge in [0.05, 0.1) is 6.67 Å². The van der Waals surface area contributed by atoms with E-state index < -0.39 is 0 Å². The molecule has 0 radical (unpaired) electrons. The highest BCUT2D eigenvalue weighted by molar-refractivity contribution is 7.13. The number of rotatable bonds is 5. The van der Waals surface area contributed by atoms with Crippen LogP contribution in [0.15, 0.2) is 5.38 Å². The molecule has 1 aromatic rings. The molecule has 0 aliphatic carbocycles. The normalized spacial score (nSPS) is 10.0. The average Bonchev–Trinajstić information content (AvgIpc) is 2.53. The van der Waals surface area contributed by atoms with Gasteiger partial charge in [-0.25, -0.2) is 4.98 Å². The molecule has 0 atom stereocenters. The van der Waals surface area contributed by atoms with Crippen molar-refractivity contribution < 1.29 is 9.18 Å². The van der Waals surface area contributed by atoms with Crippen molar-refractivity contribution in [3.05, 3.63) is 11.1 Å². The summed E-state index contributed by atoms with van der Waals surface area (Å²) < 4.78 is 11.7. The molecule has 0 unspecified atom stereocenters. The summed E-state index contributed by atoms with van der Waals surface area (Å²) in [5.74, 6) is -0.0465. The summed E-state index contributed by atoms with van der Waals surface area (Å²) in [6.45, 7) is 1.69. The topological polar surface area (TPSA) is 42.0 Å². The Bertz CT molecular complexity index is 287. The van der Waals surface area contributed by atoms with Crippen molar-refractivity contribution in [3.63, 3.8) is 0 Å². The second-order valence-electron chi connectivity index (χ2n) is 2.56. The van der Waals surface area contributed by atoms with E-state index in [4.69, 9.17) is 0 Å². The summed E-state index contributed by atoms with van der Waals surface area (Å²) >= 11 is 1.36. The predicted octanol–water partition coefficient (Wildman–Crippen LogP) is 2.12. The van der Waals surface area contributed by atoms with Gasteiger partial charge in [-0.2, -0.15) is 0 Å². The SMILES string of the molecule is CC(=O)c1csc(NCCCF)n1. The minimum Gasteiger partial charge on any atom is -0.361 e. The van der Waals surface area contributed by atoms with Gasteiger partial charge < -0.3 is 5.32 Å². The van der Waals surface area contributed by atoms with E-state index in [1.54, 1.807) is 5.38 Å². The molecule has 1 rings (SSSR count). The van der Waals surface area contributed by atoms with Crippen LogP contribution in [0.25, 0.3) is 0 Å². The number of carbonyl (C=O) groups excluding carboxylic acids is 1. The van der Waals surface area contributed by atoms with Gasteiger partial charge in [0.1, 0.15) is 5.69 Å². The number of thiazole rings is 1. The maximum absolute atomic E-state index is 11.7. The number of halogens is 1. The fourth-order valence-corrected chi connectivity index (χ4v) is 1.56. The number of nitrogens with one attached hydrogen (secondary N) is 1. The summed E-state index contributed by atoms with van der Waals surface area (Å²) in [4.78, 5) is 14.9. The molecule has 0 fully saturated rings. The third-order valence-corrected chi connectivity index (χ3v) is 2.25. The quantitative estimate of drug-likeness (QED) is 0.587. The number of aromatic nitrogens is 1. The molecule has 72 valence electrons. The number of carbonyl (C=O) groups is 1. The molecular weight excluding hydrogens is 191 g/mol. The highest BCUT2D eigenvalue weighted by Crippen LogP contribution is 2.15. The van der Waals surface area contributed by atoms with Crippen LogP contribution >= 0.6 is 11.3 Å². The van der Waals surface area contributed by atoms with Crippen molar-refractivity contribution in [1.82, 2.24) is 4.98 Å². The molecule has 0 spiro atoms. The van der Waals surface area contributed by atoms with Crippen molar-refractivity contribution in [3.8, 4) is 0 Å². The Kier molecular flexibility index (Phi) is 3.82. The van der Waals surface area contributed by atoms with Gasteiger partial charge in [0.25, 0.3) is 0 Å². The Hall–Kier alpha value is -0.970. The highest BCUT2D eigenvalue weighted by atomic mass is 32.1.